The summed E-state index contributed by atoms with van der Waals surface area (Å²) >= 11 is 0. The van der Waals surface area contributed by atoms with Crippen molar-refractivity contribution in [3.05, 3.63) is 188 Å². The molecule has 0 saturated heterocycles. The molecule has 0 aliphatic carbocycles. The highest BCUT2D eigenvalue weighted by molar-refractivity contribution is 6.04. The lowest BCUT2D eigenvalue weighted by Crippen LogP contribution is -1.93. The largest absolute Gasteiger partial charge is 0.299 e. The predicted octanol–water partition coefficient (Wildman–Crippen LogP) is 11.9. The zero-order chi connectivity index (χ0) is 32.6. The van der Waals surface area contributed by atoms with Crippen LogP contribution >= 0.6 is 0 Å². The smallest absolute Gasteiger partial charge is 0.100 e. The van der Waals surface area contributed by atoms with Crippen LogP contribution in [0.25, 0.3) is 83.4 Å². The number of hydrogen-bond acceptors (Lipinski definition) is 2. The Labute approximate surface area is 285 Å². The van der Waals surface area contributed by atoms with Gasteiger partial charge in [0, 0.05) is 16.8 Å². The van der Waals surface area contributed by atoms with E-state index in [1.807, 2.05) is 24.5 Å². The minimum atomic E-state index is 0.966. The van der Waals surface area contributed by atoms with Crippen molar-refractivity contribution in [1.82, 2.24) is 14.5 Å². The van der Waals surface area contributed by atoms with Gasteiger partial charge < -0.3 is 0 Å². The number of imidazole rings is 1. The van der Waals surface area contributed by atoms with Crippen molar-refractivity contribution in [2.45, 2.75) is 0 Å². The molecule has 49 heavy (non-hydrogen) atoms. The van der Waals surface area contributed by atoms with Crippen LogP contribution in [0.15, 0.2) is 188 Å². The Kier molecular flexibility index (Phi) is 7.14. The van der Waals surface area contributed by atoms with E-state index in [0.29, 0.717) is 0 Å². The number of nitrogens with zero attached hydrogens (tertiary/aromatic N) is 3. The van der Waals surface area contributed by atoms with Crippen LogP contribution in [-0.2, 0) is 0 Å². The molecule has 0 atom stereocenters. The first-order valence-electron chi connectivity index (χ1n) is 16.6. The minimum Gasteiger partial charge on any atom is -0.299 e. The fraction of sp³-hybridized carbons (Fsp3) is 0. The Hall–Kier alpha value is -6.58. The van der Waals surface area contributed by atoms with Crippen LogP contribution < -0.4 is 0 Å². The highest BCUT2D eigenvalue weighted by atomic mass is 15.0. The van der Waals surface area contributed by atoms with E-state index in [1.54, 1.807) is 0 Å². The first kappa shape index (κ1) is 28.6. The molecule has 2 heterocycles. The second kappa shape index (κ2) is 12.2. The van der Waals surface area contributed by atoms with Crippen LogP contribution in [0.2, 0.25) is 0 Å². The summed E-state index contributed by atoms with van der Waals surface area (Å²) in [4.78, 5) is 9.67. The molecule has 0 radical (unpaired) electrons. The first-order chi connectivity index (χ1) is 24.3. The monoisotopic (exact) mass is 625 g/mol. The summed E-state index contributed by atoms with van der Waals surface area (Å²) in [6.07, 6.45) is 1.91. The Morgan fingerprint density at radius 3 is 1.59 bits per heavy atom. The van der Waals surface area contributed by atoms with E-state index in [0.717, 1.165) is 50.4 Å². The topological polar surface area (TPSA) is 30.7 Å². The number of benzene rings is 7. The van der Waals surface area contributed by atoms with E-state index in [2.05, 4.69) is 173 Å². The average Bonchev–Trinajstić information content (AvgIpc) is 3.62. The van der Waals surface area contributed by atoms with Crippen LogP contribution in [0.1, 0.15) is 0 Å². The van der Waals surface area contributed by atoms with Crippen LogP contribution in [0.5, 0.6) is 0 Å². The zero-order valence-corrected chi connectivity index (χ0v) is 26.7. The molecule has 0 spiro atoms. The van der Waals surface area contributed by atoms with E-state index in [9.17, 15) is 0 Å². The van der Waals surface area contributed by atoms with Gasteiger partial charge in [0.25, 0.3) is 0 Å². The Morgan fingerprint density at radius 2 is 0.918 bits per heavy atom. The van der Waals surface area contributed by atoms with Crippen molar-refractivity contribution >= 4 is 21.8 Å². The fourth-order valence-corrected chi connectivity index (χ4v) is 6.85. The molecule has 0 saturated carbocycles. The molecule has 9 rings (SSSR count). The molecule has 0 bridgehead atoms. The molecule has 2 aromatic heterocycles. The number of pyridine rings is 1. The van der Waals surface area contributed by atoms with Crippen molar-refractivity contribution in [2.24, 2.45) is 0 Å². The standard InChI is InChI=1S/C46H31N3/c1-3-12-34(13-4-1)44-29-37(30-45(48-44)35-14-5-2-6-15-35)32-24-26-33(27-25-32)39-18-10-21-42-40(19-11-20-41(39)42)36-16-9-17-38(28-36)49-31-47-43-22-7-8-23-46(43)49/h1-31H. The van der Waals surface area contributed by atoms with Gasteiger partial charge in [-0.15, -0.1) is 0 Å². The second-order valence-corrected chi connectivity index (χ2v) is 12.3. The molecule has 9 aromatic rings. The van der Waals surface area contributed by atoms with Gasteiger partial charge in [0.2, 0.25) is 0 Å². The van der Waals surface area contributed by atoms with Crippen molar-refractivity contribution in [3.63, 3.8) is 0 Å². The molecule has 230 valence electrons. The lowest BCUT2D eigenvalue weighted by Gasteiger charge is -2.14. The van der Waals surface area contributed by atoms with Crippen molar-refractivity contribution in [1.29, 1.82) is 0 Å². The van der Waals surface area contributed by atoms with Crippen LogP contribution in [0.4, 0.5) is 0 Å². The molecule has 0 N–H and O–H groups in total. The van der Waals surface area contributed by atoms with E-state index < -0.39 is 0 Å². The quantitative estimate of drug-likeness (QED) is 0.184. The summed E-state index contributed by atoms with van der Waals surface area (Å²) in [6.45, 7) is 0. The summed E-state index contributed by atoms with van der Waals surface area (Å²) in [5, 5.41) is 2.46. The third-order valence-corrected chi connectivity index (χ3v) is 9.30. The van der Waals surface area contributed by atoms with Crippen molar-refractivity contribution in [2.75, 3.05) is 0 Å². The minimum absolute atomic E-state index is 0.966. The maximum Gasteiger partial charge on any atom is 0.100 e. The maximum absolute atomic E-state index is 5.06. The van der Waals surface area contributed by atoms with Gasteiger partial charge in [-0.25, -0.2) is 9.97 Å². The average molecular weight is 626 g/mol. The third kappa shape index (κ3) is 5.38. The predicted molar refractivity (Wildman–Crippen MR) is 204 cm³/mol. The number of fused-ring (bicyclic) bond motifs is 2. The summed E-state index contributed by atoms with van der Waals surface area (Å²) < 4.78 is 2.16. The SMILES string of the molecule is c1ccc(-c2cc(-c3ccc(-c4cccc5c(-c6cccc(-n7cnc8ccccc87)c6)cccc45)cc3)cc(-c3ccccc3)n2)cc1. The molecule has 0 fully saturated rings. The van der Waals surface area contributed by atoms with Gasteiger partial charge in [-0.05, 0) is 80.6 Å². The van der Waals surface area contributed by atoms with Crippen molar-refractivity contribution < 1.29 is 0 Å². The Morgan fingerprint density at radius 1 is 0.367 bits per heavy atom. The molecule has 0 amide bonds. The molecule has 7 aromatic carbocycles. The van der Waals surface area contributed by atoms with Gasteiger partial charge in [-0.3, -0.25) is 4.57 Å². The maximum atomic E-state index is 5.06. The lowest BCUT2D eigenvalue weighted by molar-refractivity contribution is 1.09. The number of para-hydroxylation sites is 2. The summed E-state index contributed by atoms with van der Waals surface area (Å²) in [7, 11) is 0. The molecular weight excluding hydrogens is 595 g/mol. The molecular formula is C46H31N3. The van der Waals surface area contributed by atoms with Crippen LogP contribution in [0, 0.1) is 0 Å². The normalized spacial score (nSPS) is 11.3. The lowest BCUT2D eigenvalue weighted by atomic mass is 9.92. The molecule has 3 nitrogen and oxygen atoms in total. The fourth-order valence-electron chi connectivity index (χ4n) is 6.85. The highest BCUT2D eigenvalue weighted by Gasteiger charge is 2.13. The third-order valence-electron chi connectivity index (χ3n) is 9.30. The van der Waals surface area contributed by atoms with Gasteiger partial charge in [-0.1, -0.05) is 146 Å². The van der Waals surface area contributed by atoms with E-state index in [4.69, 9.17) is 4.98 Å². The van der Waals surface area contributed by atoms with Crippen LogP contribution in [-0.4, -0.2) is 14.5 Å². The summed E-state index contributed by atoms with van der Waals surface area (Å²) in [5.41, 5.74) is 14.4. The van der Waals surface area contributed by atoms with Gasteiger partial charge >= 0.3 is 0 Å². The first-order valence-corrected chi connectivity index (χ1v) is 16.6. The zero-order valence-electron chi connectivity index (χ0n) is 26.7. The number of aromatic nitrogens is 3. The number of rotatable bonds is 6. The van der Waals surface area contributed by atoms with Gasteiger partial charge in [0.05, 0.1) is 22.4 Å². The Balaban J connectivity index is 1.09. The van der Waals surface area contributed by atoms with Gasteiger partial charge in [-0.2, -0.15) is 0 Å². The van der Waals surface area contributed by atoms with E-state index in [-0.39, 0.29) is 0 Å². The van der Waals surface area contributed by atoms with E-state index in [1.165, 1.54) is 33.0 Å². The molecule has 0 unspecified atom stereocenters. The van der Waals surface area contributed by atoms with E-state index >= 15 is 0 Å². The van der Waals surface area contributed by atoms with Gasteiger partial charge in [0.1, 0.15) is 6.33 Å². The summed E-state index contributed by atoms with van der Waals surface area (Å²) in [5.74, 6) is 0. The Bertz CT molecular complexity index is 2530. The molecule has 0 aliphatic rings. The number of hydrogen-bond donors (Lipinski definition) is 0. The molecule has 0 aliphatic heterocycles. The van der Waals surface area contributed by atoms with Gasteiger partial charge in [0.15, 0.2) is 0 Å². The summed E-state index contributed by atoms with van der Waals surface area (Å²) in [6, 6.07) is 64.4. The van der Waals surface area contributed by atoms with Crippen molar-refractivity contribution in [3.8, 4) is 61.6 Å². The van der Waals surface area contributed by atoms with Crippen LogP contribution in [0.3, 0.4) is 0 Å². The molecule has 3 heteroatoms. The second-order valence-electron chi connectivity index (χ2n) is 12.3. The highest BCUT2D eigenvalue weighted by Crippen LogP contribution is 2.37.